The first-order valence-corrected chi connectivity index (χ1v) is 7.71. The molecule has 19 heavy (non-hydrogen) atoms. The van der Waals surface area contributed by atoms with E-state index >= 15 is 0 Å². The van der Waals surface area contributed by atoms with E-state index in [0.29, 0.717) is 11.0 Å². The number of hydrogen-bond acceptors (Lipinski definition) is 2. The van der Waals surface area contributed by atoms with E-state index in [2.05, 4.69) is 38.2 Å². The number of nitrogens with two attached hydrogens (primary N) is 1. The summed E-state index contributed by atoms with van der Waals surface area (Å²) in [4.78, 5) is 0. The summed E-state index contributed by atoms with van der Waals surface area (Å²) in [5.74, 6) is 0. The maximum absolute atomic E-state index is 5.78. The molecular formula is C17H28N2. The first kappa shape index (κ1) is 14.4. The van der Waals surface area contributed by atoms with Crippen LogP contribution in [-0.2, 0) is 5.41 Å². The minimum Gasteiger partial charge on any atom is -0.399 e. The average molecular weight is 260 g/mol. The standard InChI is InChI=1S/C17H28N2/c1-4-17(5-2,6-3)19-13-16(11-12-16)14-7-9-15(18)10-8-14/h7-10,19H,4-6,11-13,18H2,1-3H3. The van der Waals surface area contributed by atoms with Gasteiger partial charge >= 0.3 is 0 Å². The smallest absolute Gasteiger partial charge is 0.0314 e. The Morgan fingerprint density at radius 3 is 2.00 bits per heavy atom. The number of rotatable bonds is 7. The second-order valence-electron chi connectivity index (χ2n) is 6.10. The van der Waals surface area contributed by atoms with Gasteiger partial charge in [0.25, 0.3) is 0 Å². The van der Waals surface area contributed by atoms with Crippen LogP contribution >= 0.6 is 0 Å². The van der Waals surface area contributed by atoms with Crippen molar-refractivity contribution in [2.75, 3.05) is 12.3 Å². The number of hydrogen-bond donors (Lipinski definition) is 2. The first-order chi connectivity index (χ1) is 9.10. The maximum Gasteiger partial charge on any atom is 0.0314 e. The second kappa shape index (κ2) is 5.54. The van der Waals surface area contributed by atoms with E-state index in [0.717, 1.165) is 12.2 Å². The van der Waals surface area contributed by atoms with Crippen LogP contribution < -0.4 is 11.1 Å². The molecule has 0 unspecified atom stereocenters. The average Bonchev–Trinajstić information content (AvgIpc) is 3.23. The maximum atomic E-state index is 5.78. The molecule has 1 aromatic rings. The molecular weight excluding hydrogens is 232 g/mol. The Hall–Kier alpha value is -1.02. The summed E-state index contributed by atoms with van der Waals surface area (Å²) in [7, 11) is 0. The van der Waals surface area contributed by atoms with E-state index in [9.17, 15) is 0 Å². The highest BCUT2D eigenvalue weighted by molar-refractivity contribution is 5.43. The Morgan fingerprint density at radius 2 is 1.58 bits per heavy atom. The van der Waals surface area contributed by atoms with Crippen molar-refractivity contribution in [2.45, 2.75) is 63.8 Å². The van der Waals surface area contributed by atoms with Gasteiger partial charge in [-0.2, -0.15) is 0 Å². The fourth-order valence-corrected chi connectivity index (χ4v) is 3.04. The zero-order valence-electron chi connectivity index (χ0n) is 12.6. The third-order valence-electron chi connectivity index (χ3n) is 5.21. The molecule has 2 heteroatoms. The summed E-state index contributed by atoms with van der Waals surface area (Å²) in [5.41, 5.74) is 8.79. The van der Waals surface area contributed by atoms with Crippen molar-refractivity contribution in [1.29, 1.82) is 0 Å². The lowest BCUT2D eigenvalue weighted by Crippen LogP contribution is -2.47. The summed E-state index contributed by atoms with van der Waals surface area (Å²) in [6.07, 6.45) is 6.22. The lowest BCUT2D eigenvalue weighted by Gasteiger charge is -2.34. The zero-order chi connectivity index (χ0) is 13.9. The van der Waals surface area contributed by atoms with Gasteiger partial charge in [-0.3, -0.25) is 0 Å². The van der Waals surface area contributed by atoms with E-state index in [1.807, 2.05) is 12.1 Å². The van der Waals surface area contributed by atoms with Crippen LogP contribution in [0.25, 0.3) is 0 Å². The normalized spacial score (nSPS) is 17.4. The molecule has 3 N–H and O–H groups in total. The lowest BCUT2D eigenvalue weighted by atomic mass is 9.87. The molecule has 0 aliphatic heterocycles. The van der Waals surface area contributed by atoms with Crippen molar-refractivity contribution in [3.05, 3.63) is 29.8 Å². The lowest BCUT2D eigenvalue weighted by molar-refractivity contribution is 0.280. The molecule has 1 aromatic carbocycles. The molecule has 0 saturated heterocycles. The summed E-state index contributed by atoms with van der Waals surface area (Å²) in [6, 6.07) is 8.47. The highest BCUT2D eigenvalue weighted by Crippen LogP contribution is 2.48. The van der Waals surface area contributed by atoms with Gasteiger partial charge in [0.2, 0.25) is 0 Å². The van der Waals surface area contributed by atoms with Crippen molar-refractivity contribution >= 4 is 5.69 Å². The molecule has 1 saturated carbocycles. The number of nitrogens with one attached hydrogen (secondary N) is 1. The van der Waals surface area contributed by atoms with Crippen LogP contribution in [0.15, 0.2) is 24.3 Å². The summed E-state index contributed by atoms with van der Waals surface area (Å²) in [6.45, 7) is 7.99. The fourth-order valence-electron chi connectivity index (χ4n) is 3.04. The van der Waals surface area contributed by atoms with Gasteiger partial charge in [-0.25, -0.2) is 0 Å². The van der Waals surface area contributed by atoms with Gasteiger partial charge in [-0.05, 0) is 49.8 Å². The van der Waals surface area contributed by atoms with Crippen LogP contribution in [0.2, 0.25) is 0 Å². The highest BCUT2D eigenvalue weighted by atomic mass is 15.0. The molecule has 2 rings (SSSR count). The van der Waals surface area contributed by atoms with E-state index in [-0.39, 0.29) is 0 Å². The van der Waals surface area contributed by atoms with Crippen LogP contribution in [-0.4, -0.2) is 12.1 Å². The Bertz CT molecular complexity index is 392. The minimum absolute atomic E-state index is 0.323. The summed E-state index contributed by atoms with van der Waals surface area (Å²) >= 11 is 0. The molecule has 106 valence electrons. The topological polar surface area (TPSA) is 38.0 Å². The molecule has 1 fully saturated rings. The quantitative estimate of drug-likeness (QED) is 0.731. The van der Waals surface area contributed by atoms with Crippen molar-refractivity contribution in [3.63, 3.8) is 0 Å². The Balaban J connectivity index is 2.04. The SMILES string of the molecule is CCC(CC)(CC)NCC1(c2ccc(N)cc2)CC1. The molecule has 0 amide bonds. The van der Waals surface area contributed by atoms with Crippen LogP contribution in [0.1, 0.15) is 58.4 Å². The number of anilines is 1. The van der Waals surface area contributed by atoms with Crippen molar-refractivity contribution in [2.24, 2.45) is 0 Å². The first-order valence-electron chi connectivity index (χ1n) is 7.71. The predicted octanol–water partition coefficient (Wildman–Crippen LogP) is 3.86. The van der Waals surface area contributed by atoms with E-state index in [4.69, 9.17) is 5.73 Å². The van der Waals surface area contributed by atoms with Crippen molar-refractivity contribution < 1.29 is 0 Å². The molecule has 0 spiro atoms. The molecule has 0 atom stereocenters. The Labute approximate surface area is 117 Å². The van der Waals surface area contributed by atoms with Gasteiger partial charge in [0.15, 0.2) is 0 Å². The molecule has 1 aliphatic rings. The van der Waals surface area contributed by atoms with E-state index in [1.54, 1.807) is 0 Å². The van der Waals surface area contributed by atoms with Gasteiger partial charge in [-0.15, -0.1) is 0 Å². The molecule has 0 aromatic heterocycles. The van der Waals surface area contributed by atoms with E-state index < -0.39 is 0 Å². The molecule has 0 radical (unpaired) electrons. The minimum atomic E-state index is 0.323. The fraction of sp³-hybridized carbons (Fsp3) is 0.647. The largest absolute Gasteiger partial charge is 0.399 e. The van der Waals surface area contributed by atoms with Crippen LogP contribution in [0.5, 0.6) is 0 Å². The van der Waals surface area contributed by atoms with Gasteiger partial charge in [-0.1, -0.05) is 32.9 Å². The van der Waals surface area contributed by atoms with Gasteiger partial charge < -0.3 is 11.1 Å². The third-order valence-corrected chi connectivity index (χ3v) is 5.21. The third kappa shape index (κ3) is 2.94. The summed E-state index contributed by atoms with van der Waals surface area (Å²) < 4.78 is 0. The van der Waals surface area contributed by atoms with Crippen LogP contribution in [0, 0.1) is 0 Å². The molecule has 1 aliphatic carbocycles. The summed E-state index contributed by atoms with van der Waals surface area (Å²) in [5, 5.41) is 3.87. The van der Waals surface area contributed by atoms with Crippen molar-refractivity contribution in [3.8, 4) is 0 Å². The van der Waals surface area contributed by atoms with Crippen LogP contribution in [0.4, 0.5) is 5.69 Å². The second-order valence-corrected chi connectivity index (χ2v) is 6.10. The van der Waals surface area contributed by atoms with Gasteiger partial charge in [0.1, 0.15) is 0 Å². The Morgan fingerprint density at radius 1 is 1.05 bits per heavy atom. The monoisotopic (exact) mass is 260 g/mol. The molecule has 0 bridgehead atoms. The van der Waals surface area contributed by atoms with Gasteiger partial charge in [0, 0.05) is 23.2 Å². The number of benzene rings is 1. The predicted molar refractivity (Wildman–Crippen MR) is 83.4 cm³/mol. The highest BCUT2D eigenvalue weighted by Gasteiger charge is 2.45. The van der Waals surface area contributed by atoms with Gasteiger partial charge in [0.05, 0.1) is 0 Å². The molecule has 0 heterocycles. The zero-order valence-corrected chi connectivity index (χ0v) is 12.6. The number of nitrogen functional groups attached to an aromatic ring is 1. The molecule has 2 nitrogen and oxygen atoms in total. The van der Waals surface area contributed by atoms with E-state index in [1.165, 1.54) is 37.7 Å². The van der Waals surface area contributed by atoms with Crippen LogP contribution in [0.3, 0.4) is 0 Å². The van der Waals surface area contributed by atoms with Crippen molar-refractivity contribution in [1.82, 2.24) is 5.32 Å². The Kier molecular flexibility index (Phi) is 4.19.